The van der Waals surface area contributed by atoms with Gasteiger partial charge in [-0.05, 0) is 75.9 Å². The van der Waals surface area contributed by atoms with Crippen molar-refractivity contribution in [3.05, 3.63) is 210 Å². The van der Waals surface area contributed by atoms with Crippen LogP contribution in [0.5, 0.6) is 0 Å². The Hall–Kier alpha value is -6.12. The van der Waals surface area contributed by atoms with Gasteiger partial charge in [-0.3, -0.25) is 0 Å². The molecule has 2 heteroatoms. The van der Waals surface area contributed by atoms with E-state index >= 15 is 0 Å². The lowest BCUT2D eigenvalue weighted by Crippen LogP contribution is -2.29. The third kappa shape index (κ3) is 4.07. The van der Waals surface area contributed by atoms with Crippen LogP contribution in [0.4, 0.5) is 11.4 Å². The summed E-state index contributed by atoms with van der Waals surface area (Å²) in [6.07, 6.45) is 4.28. The van der Waals surface area contributed by atoms with Crippen molar-refractivity contribution in [2.45, 2.75) is 18.3 Å². The summed E-state index contributed by atoms with van der Waals surface area (Å²) in [7, 11) is 0. The van der Waals surface area contributed by atoms with E-state index in [1.54, 1.807) is 0 Å². The predicted octanol–water partition coefficient (Wildman–Crippen LogP) is 12.1. The largest absolute Gasteiger partial charge is 0.454 e. The number of aryl methyl sites for hydroxylation is 1. The highest BCUT2D eigenvalue weighted by Crippen LogP contribution is 2.57. The van der Waals surface area contributed by atoms with Crippen LogP contribution in [0.15, 0.2) is 180 Å². The number of benzene rings is 7. The van der Waals surface area contributed by atoms with E-state index in [4.69, 9.17) is 4.42 Å². The van der Waals surface area contributed by atoms with Crippen molar-refractivity contribution in [2.24, 2.45) is 0 Å². The molecule has 0 aliphatic heterocycles. The first-order valence-electron chi connectivity index (χ1n) is 17.2. The molecule has 49 heavy (non-hydrogen) atoms. The maximum absolute atomic E-state index is 6.75. The number of para-hydroxylation sites is 1. The highest BCUT2D eigenvalue weighted by Gasteiger charge is 2.46. The summed E-state index contributed by atoms with van der Waals surface area (Å²) in [6, 6.07) is 61.9. The molecular formula is C47H33NO. The summed E-state index contributed by atoms with van der Waals surface area (Å²) in [5.74, 6) is 0.960. The Balaban J connectivity index is 1.28. The molecule has 0 bridgehead atoms. The van der Waals surface area contributed by atoms with Gasteiger partial charge in [0, 0.05) is 22.0 Å². The average Bonchev–Trinajstić information content (AvgIpc) is 3.70. The fourth-order valence-electron chi connectivity index (χ4n) is 8.58. The van der Waals surface area contributed by atoms with Crippen LogP contribution < -0.4 is 4.90 Å². The number of hydrogen-bond donors (Lipinski definition) is 0. The molecule has 0 saturated heterocycles. The Bertz CT molecular complexity index is 2510. The van der Waals surface area contributed by atoms with Crippen molar-refractivity contribution in [2.75, 3.05) is 4.90 Å². The van der Waals surface area contributed by atoms with Crippen LogP contribution in [0.25, 0.3) is 38.6 Å². The topological polar surface area (TPSA) is 16.4 Å². The van der Waals surface area contributed by atoms with Gasteiger partial charge in [-0.25, -0.2) is 0 Å². The van der Waals surface area contributed by atoms with Gasteiger partial charge in [0.25, 0.3) is 0 Å². The van der Waals surface area contributed by atoms with Gasteiger partial charge < -0.3 is 9.32 Å². The van der Waals surface area contributed by atoms with Crippen LogP contribution in [0, 0.1) is 0 Å². The van der Waals surface area contributed by atoms with Crippen LogP contribution in [0.3, 0.4) is 0 Å². The molecule has 0 amide bonds. The molecule has 1 heterocycles. The molecule has 0 atom stereocenters. The molecular weight excluding hydrogens is 595 g/mol. The van der Waals surface area contributed by atoms with Crippen molar-refractivity contribution in [1.29, 1.82) is 0 Å². The molecule has 0 unspecified atom stereocenters. The fraction of sp³-hybridized carbons (Fsp3) is 0.0638. The highest BCUT2D eigenvalue weighted by molar-refractivity contribution is 6.03. The van der Waals surface area contributed by atoms with Gasteiger partial charge in [-0.2, -0.15) is 0 Å². The van der Waals surface area contributed by atoms with E-state index < -0.39 is 5.41 Å². The number of fused-ring (bicyclic) bond motifs is 7. The highest BCUT2D eigenvalue weighted by atomic mass is 16.3. The van der Waals surface area contributed by atoms with Crippen LogP contribution >= 0.6 is 0 Å². The standard InChI is InChI=1S/C47H33NO/c1-3-17-33(18-4-1)47(34-19-5-2-6-20-34)41-25-11-9-22-37(41)38-30-29-35(31-42(38)47)48(43-26-13-16-32-15-7-8-21-36(32)43)44-27-14-24-40-39-23-10-12-28-45(39)49-46(40)44/h1-13,15-23,25-31H,14,24H2. The number of anilines is 2. The molecule has 2 aliphatic rings. The Morgan fingerprint density at radius 1 is 0.531 bits per heavy atom. The lowest BCUT2D eigenvalue weighted by atomic mass is 9.67. The molecule has 2 aliphatic carbocycles. The van der Waals surface area contributed by atoms with Gasteiger partial charge in [0.05, 0.1) is 16.8 Å². The van der Waals surface area contributed by atoms with Crippen molar-refractivity contribution < 1.29 is 4.42 Å². The molecule has 0 spiro atoms. The Labute approximate surface area is 286 Å². The zero-order valence-electron chi connectivity index (χ0n) is 27.0. The number of nitrogens with zero attached hydrogens (tertiary/aromatic N) is 1. The van der Waals surface area contributed by atoms with Gasteiger partial charge in [-0.1, -0.05) is 152 Å². The number of hydrogen-bond acceptors (Lipinski definition) is 2. The van der Waals surface area contributed by atoms with Crippen LogP contribution in [-0.2, 0) is 11.8 Å². The molecule has 8 aromatic rings. The zero-order chi connectivity index (χ0) is 32.4. The van der Waals surface area contributed by atoms with Crippen LogP contribution in [-0.4, -0.2) is 0 Å². The minimum absolute atomic E-state index is 0.486. The number of rotatable bonds is 5. The molecule has 0 N–H and O–H groups in total. The van der Waals surface area contributed by atoms with Crippen molar-refractivity contribution in [3.8, 4) is 11.1 Å². The molecule has 7 aromatic carbocycles. The van der Waals surface area contributed by atoms with Crippen molar-refractivity contribution >= 4 is 38.8 Å². The second-order valence-electron chi connectivity index (χ2n) is 13.1. The maximum Gasteiger partial charge on any atom is 0.155 e. The van der Waals surface area contributed by atoms with E-state index in [1.807, 2.05) is 0 Å². The molecule has 232 valence electrons. The summed E-state index contributed by atoms with van der Waals surface area (Å²) >= 11 is 0. The summed E-state index contributed by atoms with van der Waals surface area (Å²) in [5.41, 5.74) is 12.8. The SMILES string of the molecule is C1=C(N(c2ccc3c(c2)C(c2ccccc2)(c2ccccc2)c2ccccc2-3)c2cccc3ccccc23)c2oc3ccccc3c2CC1. The first kappa shape index (κ1) is 27.9. The van der Waals surface area contributed by atoms with E-state index in [0.717, 1.165) is 41.3 Å². The molecule has 1 aromatic heterocycles. The lowest BCUT2D eigenvalue weighted by Gasteiger charge is -2.35. The maximum atomic E-state index is 6.75. The number of furan rings is 1. The van der Waals surface area contributed by atoms with Gasteiger partial charge in [0.1, 0.15) is 5.58 Å². The van der Waals surface area contributed by atoms with Crippen molar-refractivity contribution in [1.82, 2.24) is 0 Å². The molecule has 10 rings (SSSR count). The Morgan fingerprint density at radius 2 is 1.18 bits per heavy atom. The fourth-order valence-corrected chi connectivity index (χ4v) is 8.58. The summed E-state index contributed by atoms with van der Waals surface area (Å²) in [5, 5.41) is 3.62. The molecule has 0 saturated carbocycles. The zero-order valence-corrected chi connectivity index (χ0v) is 27.0. The molecule has 2 nitrogen and oxygen atoms in total. The van der Waals surface area contributed by atoms with Crippen molar-refractivity contribution in [3.63, 3.8) is 0 Å². The lowest BCUT2D eigenvalue weighted by molar-refractivity contribution is 0.588. The summed E-state index contributed by atoms with van der Waals surface area (Å²) < 4.78 is 6.75. The Morgan fingerprint density at radius 3 is 2.00 bits per heavy atom. The summed E-state index contributed by atoms with van der Waals surface area (Å²) in [6.45, 7) is 0. The van der Waals surface area contributed by atoms with Gasteiger partial charge >= 0.3 is 0 Å². The third-order valence-electron chi connectivity index (χ3n) is 10.6. The molecule has 0 radical (unpaired) electrons. The first-order valence-corrected chi connectivity index (χ1v) is 17.2. The van der Waals surface area contributed by atoms with E-state index in [0.29, 0.717) is 0 Å². The minimum Gasteiger partial charge on any atom is -0.454 e. The van der Waals surface area contributed by atoms with Gasteiger partial charge in [0.2, 0.25) is 0 Å². The van der Waals surface area contributed by atoms with Gasteiger partial charge in [-0.15, -0.1) is 0 Å². The number of allylic oxidation sites excluding steroid dienone is 1. The predicted molar refractivity (Wildman–Crippen MR) is 202 cm³/mol. The van der Waals surface area contributed by atoms with E-state index in [2.05, 4.69) is 181 Å². The second kappa shape index (κ2) is 11.0. The monoisotopic (exact) mass is 627 g/mol. The summed E-state index contributed by atoms with van der Waals surface area (Å²) in [4.78, 5) is 2.45. The van der Waals surface area contributed by atoms with E-state index in [-0.39, 0.29) is 0 Å². The van der Waals surface area contributed by atoms with Crippen LogP contribution in [0.1, 0.15) is 40.0 Å². The first-order chi connectivity index (χ1) is 24.3. The average molecular weight is 628 g/mol. The van der Waals surface area contributed by atoms with Crippen LogP contribution in [0.2, 0.25) is 0 Å². The van der Waals surface area contributed by atoms with E-state index in [1.165, 1.54) is 55.1 Å². The normalized spacial score (nSPS) is 14.2. The van der Waals surface area contributed by atoms with E-state index in [9.17, 15) is 0 Å². The molecule has 0 fully saturated rings. The second-order valence-corrected chi connectivity index (χ2v) is 13.1. The Kier molecular flexibility index (Phi) is 6.25. The smallest absolute Gasteiger partial charge is 0.155 e. The van der Waals surface area contributed by atoms with Gasteiger partial charge in [0.15, 0.2) is 5.76 Å². The third-order valence-corrected chi connectivity index (χ3v) is 10.6. The minimum atomic E-state index is -0.486. The quantitative estimate of drug-likeness (QED) is 0.189.